The molecule has 1 saturated heterocycles. The smallest absolute Gasteiger partial charge is 0.356 e. The Hall–Kier alpha value is -1.95. The van der Waals surface area contributed by atoms with Gasteiger partial charge in [0.1, 0.15) is 16.7 Å². The third kappa shape index (κ3) is 1.57. The van der Waals surface area contributed by atoms with Crippen molar-refractivity contribution in [2.75, 3.05) is 20.3 Å². The molecule has 94 valence electrons. The average molecular weight is 247 g/mol. The van der Waals surface area contributed by atoms with Crippen LogP contribution < -0.4 is 0 Å². The van der Waals surface area contributed by atoms with Crippen molar-refractivity contribution in [1.29, 1.82) is 0 Å². The Morgan fingerprint density at radius 1 is 1.50 bits per heavy atom. The lowest BCUT2D eigenvalue weighted by Crippen LogP contribution is -2.31. The van der Waals surface area contributed by atoms with Gasteiger partial charge < -0.3 is 9.47 Å². The van der Waals surface area contributed by atoms with E-state index in [4.69, 9.17) is 4.74 Å². The van der Waals surface area contributed by atoms with E-state index in [0.29, 0.717) is 18.9 Å². The molecule has 3 rings (SSSR count). The summed E-state index contributed by atoms with van der Waals surface area (Å²) in [6.07, 6.45) is 0. The molecular weight excluding hydrogens is 234 g/mol. The van der Waals surface area contributed by atoms with Crippen LogP contribution in [0.4, 0.5) is 0 Å². The minimum atomic E-state index is -0.434. The fourth-order valence-electron chi connectivity index (χ4n) is 2.04. The number of ether oxygens (including phenoxy) is 2. The van der Waals surface area contributed by atoms with Crippen molar-refractivity contribution in [3.05, 3.63) is 23.5 Å². The molecule has 2 aromatic heterocycles. The van der Waals surface area contributed by atoms with Gasteiger partial charge in [0.05, 0.1) is 32.1 Å². The van der Waals surface area contributed by atoms with Crippen LogP contribution in [0, 0.1) is 6.92 Å². The molecular formula is C12H13N3O3. The van der Waals surface area contributed by atoms with Crippen LogP contribution in [-0.2, 0) is 9.47 Å². The summed E-state index contributed by atoms with van der Waals surface area (Å²) in [7, 11) is 1.34. The second kappa shape index (κ2) is 4.06. The Morgan fingerprint density at radius 3 is 2.89 bits per heavy atom. The van der Waals surface area contributed by atoms with Gasteiger partial charge in [-0.1, -0.05) is 0 Å². The maximum atomic E-state index is 11.4. The van der Waals surface area contributed by atoms with Gasteiger partial charge in [0, 0.05) is 0 Å². The summed E-state index contributed by atoms with van der Waals surface area (Å²) in [5.74, 6) is -0.434. The second-order valence-corrected chi connectivity index (χ2v) is 4.28. The molecule has 0 radical (unpaired) electrons. The summed E-state index contributed by atoms with van der Waals surface area (Å²) in [5.41, 5.74) is 2.78. The summed E-state index contributed by atoms with van der Waals surface area (Å²) in [6, 6.07) is 3.69. The van der Waals surface area contributed by atoms with Crippen LogP contribution in [0.15, 0.2) is 12.1 Å². The van der Waals surface area contributed by atoms with E-state index in [9.17, 15) is 4.79 Å². The molecule has 0 unspecified atom stereocenters. The monoisotopic (exact) mass is 247 g/mol. The van der Waals surface area contributed by atoms with Gasteiger partial charge in [0.25, 0.3) is 0 Å². The lowest BCUT2D eigenvalue weighted by molar-refractivity contribution is -0.0292. The fraction of sp³-hybridized carbons (Fsp3) is 0.417. The van der Waals surface area contributed by atoms with Crippen LogP contribution in [0.1, 0.15) is 22.2 Å². The summed E-state index contributed by atoms with van der Waals surface area (Å²) < 4.78 is 11.7. The first kappa shape index (κ1) is 11.2. The molecule has 1 aliphatic rings. The van der Waals surface area contributed by atoms with E-state index in [-0.39, 0.29) is 6.04 Å². The number of carbonyl (C=O) groups excluding carboxylic acids is 1. The van der Waals surface area contributed by atoms with Crippen molar-refractivity contribution >= 4 is 17.0 Å². The molecule has 1 aliphatic heterocycles. The van der Waals surface area contributed by atoms with Gasteiger partial charge in [-0.15, -0.1) is 0 Å². The second-order valence-electron chi connectivity index (χ2n) is 4.28. The van der Waals surface area contributed by atoms with E-state index < -0.39 is 5.97 Å². The van der Waals surface area contributed by atoms with Gasteiger partial charge in [-0.25, -0.2) is 9.78 Å². The number of fused-ring (bicyclic) bond motifs is 1. The van der Waals surface area contributed by atoms with E-state index in [1.54, 1.807) is 12.1 Å². The predicted octanol–water partition coefficient (Wildman–Crippen LogP) is 1.10. The van der Waals surface area contributed by atoms with Gasteiger partial charge in [-0.3, -0.25) is 4.68 Å². The molecule has 0 atom stereocenters. The molecule has 0 spiro atoms. The van der Waals surface area contributed by atoms with Crippen molar-refractivity contribution in [2.45, 2.75) is 13.0 Å². The predicted molar refractivity (Wildman–Crippen MR) is 63.5 cm³/mol. The third-order valence-corrected chi connectivity index (χ3v) is 3.14. The Kier molecular flexibility index (Phi) is 2.52. The normalized spacial score (nSPS) is 15.7. The highest BCUT2D eigenvalue weighted by Crippen LogP contribution is 2.23. The molecule has 0 aromatic carbocycles. The van der Waals surface area contributed by atoms with Crippen LogP contribution >= 0.6 is 0 Å². The first-order valence-electron chi connectivity index (χ1n) is 5.72. The number of methoxy groups -OCH3 is 1. The van der Waals surface area contributed by atoms with E-state index >= 15 is 0 Å². The molecule has 1 fully saturated rings. The maximum absolute atomic E-state index is 11.4. The van der Waals surface area contributed by atoms with Crippen molar-refractivity contribution in [1.82, 2.24) is 14.8 Å². The van der Waals surface area contributed by atoms with Crippen molar-refractivity contribution in [2.24, 2.45) is 0 Å². The Balaban J connectivity index is 2.09. The van der Waals surface area contributed by atoms with Gasteiger partial charge in [-0.05, 0) is 19.1 Å². The van der Waals surface area contributed by atoms with Gasteiger partial charge in [-0.2, -0.15) is 5.10 Å². The number of esters is 1. The number of rotatable bonds is 2. The van der Waals surface area contributed by atoms with Gasteiger partial charge in [0.15, 0.2) is 0 Å². The van der Waals surface area contributed by atoms with Gasteiger partial charge >= 0.3 is 5.97 Å². The van der Waals surface area contributed by atoms with Crippen molar-refractivity contribution < 1.29 is 14.3 Å². The Labute approximate surface area is 104 Å². The van der Waals surface area contributed by atoms with Crippen LogP contribution in [0.2, 0.25) is 0 Å². The average Bonchev–Trinajstić information content (AvgIpc) is 2.64. The number of nitrogens with zero attached hydrogens (tertiary/aromatic N) is 3. The number of hydrogen-bond donors (Lipinski definition) is 0. The third-order valence-electron chi connectivity index (χ3n) is 3.14. The molecule has 3 heterocycles. The zero-order chi connectivity index (χ0) is 12.7. The molecule has 0 bridgehead atoms. The Morgan fingerprint density at radius 2 is 2.28 bits per heavy atom. The SMILES string of the molecule is COC(=O)c1ccc2nn(C3COC3)c(C)c2n1. The Bertz CT molecular complexity index is 616. The molecule has 6 heteroatoms. The highest BCUT2D eigenvalue weighted by Gasteiger charge is 2.24. The molecule has 6 nitrogen and oxygen atoms in total. The van der Waals surface area contributed by atoms with Crippen LogP contribution in [-0.4, -0.2) is 41.1 Å². The molecule has 0 N–H and O–H groups in total. The largest absolute Gasteiger partial charge is 0.464 e. The van der Waals surface area contributed by atoms with Crippen molar-refractivity contribution in [3.63, 3.8) is 0 Å². The highest BCUT2D eigenvalue weighted by molar-refractivity contribution is 5.90. The number of hydrogen-bond acceptors (Lipinski definition) is 5. The topological polar surface area (TPSA) is 66.2 Å². The summed E-state index contributed by atoms with van der Waals surface area (Å²) in [4.78, 5) is 15.8. The summed E-state index contributed by atoms with van der Waals surface area (Å²) >= 11 is 0. The summed E-state index contributed by atoms with van der Waals surface area (Å²) in [6.45, 7) is 3.30. The van der Waals surface area contributed by atoms with E-state index in [2.05, 4.69) is 14.8 Å². The minimum Gasteiger partial charge on any atom is -0.464 e. The summed E-state index contributed by atoms with van der Waals surface area (Å²) in [5, 5.41) is 4.48. The quantitative estimate of drug-likeness (QED) is 0.743. The number of aryl methyl sites for hydroxylation is 1. The van der Waals surface area contributed by atoms with Crippen LogP contribution in [0.25, 0.3) is 11.0 Å². The first-order chi connectivity index (χ1) is 8.70. The zero-order valence-electron chi connectivity index (χ0n) is 10.2. The van der Waals surface area contributed by atoms with E-state index in [0.717, 1.165) is 16.7 Å². The molecule has 18 heavy (non-hydrogen) atoms. The fourth-order valence-corrected chi connectivity index (χ4v) is 2.04. The molecule has 2 aromatic rings. The number of pyridine rings is 1. The standard InChI is InChI=1S/C12H13N3O3/c1-7-11-9(14-15(7)8-5-18-6-8)3-4-10(13-11)12(16)17-2/h3-4,8H,5-6H2,1-2H3. The van der Waals surface area contributed by atoms with E-state index in [1.807, 2.05) is 11.6 Å². The van der Waals surface area contributed by atoms with Crippen LogP contribution in [0.5, 0.6) is 0 Å². The molecule has 0 amide bonds. The lowest BCUT2D eigenvalue weighted by Gasteiger charge is -2.27. The van der Waals surface area contributed by atoms with E-state index in [1.165, 1.54) is 7.11 Å². The lowest BCUT2D eigenvalue weighted by atomic mass is 10.2. The van der Waals surface area contributed by atoms with Gasteiger partial charge in [0.2, 0.25) is 0 Å². The van der Waals surface area contributed by atoms with Crippen molar-refractivity contribution in [3.8, 4) is 0 Å². The first-order valence-corrected chi connectivity index (χ1v) is 5.72. The molecule has 0 saturated carbocycles. The van der Waals surface area contributed by atoms with Crippen LogP contribution in [0.3, 0.4) is 0 Å². The number of carbonyl (C=O) groups is 1. The maximum Gasteiger partial charge on any atom is 0.356 e. The zero-order valence-corrected chi connectivity index (χ0v) is 10.2. The number of aromatic nitrogens is 3. The minimum absolute atomic E-state index is 0.278. The highest BCUT2D eigenvalue weighted by atomic mass is 16.5. The molecule has 0 aliphatic carbocycles.